The second kappa shape index (κ2) is 8.36. The van der Waals surface area contributed by atoms with Crippen LogP contribution in [0.15, 0.2) is 24.3 Å². The summed E-state index contributed by atoms with van der Waals surface area (Å²) in [4.78, 5) is 25.5. The van der Waals surface area contributed by atoms with Gasteiger partial charge in [-0.1, -0.05) is 26.0 Å². The number of amides is 2. The van der Waals surface area contributed by atoms with Crippen molar-refractivity contribution in [1.82, 2.24) is 10.2 Å². The fourth-order valence-corrected chi connectivity index (χ4v) is 1.99. The number of carbonyl (C=O) groups excluding carboxylic acids is 2. The van der Waals surface area contributed by atoms with E-state index in [1.54, 1.807) is 26.1 Å². The van der Waals surface area contributed by atoms with Crippen LogP contribution in [-0.2, 0) is 16.1 Å². The van der Waals surface area contributed by atoms with Gasteiger partial charge in [0.05, 0.1) is 6.61 Å². The number of carbonyl (C=O) groups is 2. The van der Waals surface area contributed by atoms with Gasteiger partial charge in [0.2, 0.25) is 5.91 Å². The summed E-state index contributed by atoms with van der Waals surface area (Å²) in [6.45, 7) is 5.98. The highest BCUT2D eigenvalue weighted by molar-refractivity contribution is 5.85. The Labute approximate surface area is 130 Å². The van der Waals surface area contributed by atoms with Gasteiger partial charge in [0.25, 0.3) is 0 Å². The highest BCUT2D eigenvalue weighted by Gasteiger charge is 2.27. The molecule has 0 aliphatic carbocycles. The molecule has 1 N–H and O–H groups in total. The van der Waals surface area contributed by atoms with Crippen molar-refractivity contribution >= 4 is 12.0 Å². The molecule has 1 aromatic carbocycles. The van der Waals surface area contributed by atoms with E-state index in [2.05, 4.69) is 5.32 Å². The van der Waals surface area contributed by atoms with Gasteiger partial charge in [0.15, 0.2) is 0 Å². The maximum absolute atomic E-state index is 12.9. The standard InChI is InChI=1S/C16H23FN2O3/c1-5-22-16(21)18-14(11(2)3)15(20)19(4)10-12-6-8-13(17)9-7-12/h6-9,11,14H,5,10H2,1-4H3,(H,18,21). The molecule has 0 aliphatic heterocycles. The van der Waals surface area contributed by atoms with E-state index in [1.807, 2.05) is 13.8 Å². The lowest BCUT2D eigenvalue weighted by Crippen LogP contribution is -2.50. The molecule has 22 heavy (non-hydrogen) atoms. The Morgan fingerprint density at radius 3 is 2.36 bits per heavy atom. The predicted octanol–water partition coefficient (Wildman–Crippen LogP) is 2.55. The third kappa shape index (κ3) is 5.35. The number of nitrogens with zero attached hydrogens (tertiary/aromatic N) is 1. The number of likely N-dealkylation sites (N-methyl/N-ethyl adjacent to an activating group) is 1. The number of nitrogens with one attached hydrogen (secondary N) is 1. The molecule has 1 aromatic rings. The number of rotatable bonds is 6. The molecule has 1 atom stereocenters. The Morgan fingerprint density at radius 2 is 1.86 bits per heavy atom. The molecule has 1 rings (SSSR count). The maximum Gasteiger partial charge on any atom is 0.407 e. The van der Waals surface area contributed by atoms with Gasteiger partial charge >= 0.3 is 6.09 Å². The lowest BCUT2D eigenvalue weighted by Gasteiger charge is -2.26. The number of benzene rings is 1. The minimum absolute atomic E-state index is 0.0763. The van der Waals surface area contributed by atoms with E-state index in [0.29, 0.717) is 6.54 Å². The predicted molar refractivity (Wildman–Crippen MR) is 81.7 cm³/mol. The van der Waals surface area contributed by atoms with Crippen LogP contribution in [0.3, 0.4) is 0 Å². The summed E-state index contributed by atoms with van der Waals surface area (Å²) in [5.41, 5.74) is 0.816. The second-order valence-corrected chi connectivity index (χ2v) is 5.41. The quantitative estimate of drug-likeness (QED) is 0.878. The van der Waals surface area contributed by atoms with Gasteiger partial charge in [-0.05, 0) is 30.5 Å². The lowest BCUT2D eigenvalue weighted by atomic mass is 10.0. The zero-order chi connectivity index (χ0) is 16.7. The highest BCUT2D eigenvalue weighted by atomic mass is 19.1. The zero-order valence-electron chi connectivity index (χ0n) is 13.4. The molecule has 0 bridgehead atoms. The van der Waals surface area contributed by atoms with Crippen molar-refractivity contribution in [2.75, 3.05) is 13.7 Å². The molecule has 0 saturated carbocycles. The van der Waals surface area contributed by atoms with Crippen LogP contribution in [0, 0.1) is 11.7 Å². The molecular weight excluding hydrogens is 287 g/mol. The van der Waals surface area contributed by atoms with Crippen LogP contribution in [0.5, 0.6) is 0 Å². The van der Waals surface area contributed by atoms with Crippen molar-refractivity contribution in [3.8, 4) is 0 Å². The van der Waals surface area contributed by atoms with E-state index in [0.717, 1.165) is 5.56 Å². The summed E-state index contributed by atoms with van der Waals surface area (Å²) < 4.78 is 17.7. The Bertz CT molecular complexity index is 503. The van der Waals surface area contributed by atoms with Crippen molar-refractivity contribution in [2.45, 2.75) is 33.4 Å². The van der Waals surface area contributed by atoms with E-state index in [-0.39, 0.29) is 24.2 Å². The largest absolute Gasteiger partial charge is 0.450 e. The zero-order valence-corrected chi connectivity index (χ0v) is 13.4. The molecule has 0 fully saturated rings. The monoisotopic (exact) mass is 310 g/mol. The summed E-state index contributed by atoms with van der Waals surface area (Å²) in [6.07, 6.45) is -0.607. The molecule has 0 heterocycles. The van der Waals surface area contributed by atoms with E-state index < -0.39 is 12.1 Å². The smallest absolute Gasteiger partial charge is 0.407 e. The van der Waals surface area contributed by atoms with Crippen molar-refractivity contribution < 1.29 is 18.7 Å². The summed E-state index contributed by atoms with van der Waals surface area (Å²) in [5.74, 6) is -0.610. The molecule has 0 saturated heterocycles. The molecule has 2 amide bonds. The molecule has 0 spiro atoms. The van der Waals surface area contributed by atoms with Gasteiger partial charge in [-0.3, -0.25) is 4.79 Å². The number of halogens is 1. The number of alkyl carbamates (subject to hydrolysis) is 1. The Morgan fingerprint density at radius 1 is 1.27 bits per heavy atom. The van der Waals surface area contributed by atoms with Gasteiger partial charge in [-0.15, -0.1) is 0 Å². The first kappa shape index (κ1) is 17.9. The van der Waals surface area contributed by atoms with Crippen LogP contribution in [-0.4, -0.2) is 36.6 Å². The van der Waals surface area contributed by atoms with Gasteiger partial charge < -0.3 is 15.0 Å². The minimum Gasteiger partial charge on any atom is -0.450 e. The summed E-state index contributed by atoms with van der Waals surface area (Å²) in [7, 11) is 1.65. The molecule has 0 aromatic heterocycles. The third-order valence-corrected chi connectivity index (χ3v) is 3.19. The minimum atomic E-state index is -0.663. The number of ether oxygens (including phenoxy) is 1. The summed E-state index contributed by atoms with van der Waals surface area (Å²) in [6, 6.07) is 5.30. The van der Waals surface area contributed by atoms with Crippen LogP contribution < -0.4 is 5.32 Å². The van der Waals surface area contributed by atoms with Crippen molar-refractivity contribution in [2.24, 2.45) is 5.92 Å². The van der Waals surface area contributed by atoms with Gasteiger partial charge in [0, 0.05) is 13.6 Å². The van der Waals surface area contributed by atoms with E-state index in [1.165, 1.54) is 17.0 Å². The Hall–Kier alpha value is -2.11. The topological polar surface area (TPSA) is 58.6 Å². The average molecular weight is 310 g/mol. The Balaban J connectivity index is 2.71. The van der Waals surface area contributed by atoms with E-state index in [4.69, 9.17) is 4.74 Å². The first-order valence-corrected chi connectivity index (χ1v) is 7.27. The van der Waals surface area contributed by atoms with E-state index in [9.17, 15) is 14.0 Å². The average Bonchev–Trinajstić information content (AvgIpc) is 2.46. The van der Waals surface area contributed by atoms with Crippen LogP contribution in [0.2, 0.25) is 0 Å². The summed E-state index contributed by atoms with van der Waals surface area (Å²) in [5, 5.41) is 2.58. The van der Waals surface area contributed by atoms with Crippen LogP contribution in [0.1, 0.15) is 26.3 Å². The molecule has 1 unspecified atom stereocenters. The molecule has 6 heteroatoms. The Kier molecular flexibility index (Phi) is 6.82. The van der Waals surface area contributed by atoms with Crippen molar-refractivity contribution in [3.63, 3.8) is 0 Å². The number of hydrogen-bond acceptors (Lipinski definition) is 3. The van der Waals surface area contributed by atoms with Gasteiger partial charge in [-0.2, -0.15) is 0 Å². The van der Waals surface area contributed by atoms with Crippen molar-refractivity contribution in [3.05, 3.63) is 35.6 Å². The molecule has 5 nitrogen and oxygen atoms in total. The van der Waals surface area contributed by atoms with Gasteiger partial charge in [0.1, 0.15) is 11.9 Å². The fraction of sp³-hybridized carbons (Fsp3) is 0.500. The first-order chi connectivity index (χ1) is 10.3. The van der Waals surface area contributed by atoms with E-state index >= 15 is 0 Å². The van der Waals surface area contributed by atoms with Gasteiger partial charge in [-0.25, -0.2) is 9.18 Å². The van der Waals surface area contributed by atoms with Crippen molar-refractivity contribution in [1.29, 1.82) is 0 Å². The second-order valence-electron chi connectivity index (χ2n) is 5.41. The molecular formula is C16H23FN2O3. The fourth-order valence-electron chi connectivity index (χ4n) is 1.99. The SMILES string of the molecule is CCOC(=O)NC(C(=O)N(C)Cc1ccc(F)cc1)C(C)C. The molecule has 0 radical (unpaired) electrons. The molecule has 122 valence electrons. The highest BCUT2D eigenvalue weighted by Crippen LogP contribution is 2.10. The van der Waals surface area contributed by atoms with Crippen LogP contribution >= 0.6 is 0 Å². The maximum atomic E-state index is 12.9. The van der Waals surface area contributed by atoms with Crippen LogP contribution in [0.4, 0.5) is 9.18 Å². The number of hydrogen-bond donors (Lipinski definition) is 1. The third-order valence-electron chi connectivity index (χ3n) is 3.19. The summed E-state index contributed by atoms with van der Waals surface area (Å²) >= 11 is 0. The van der Waals surface area contributed by atoms with Crippen LogP contribution in [0.25, 0.3) is 0 Å². The first-order valence-electron chi connectivity index (χ1n) is 7.27. The normalized spacial score (nSPS) is 11.9. The lowest BCUT2D eigenvalue weighted by molar-refractivity contribution is -0.133. The molecule has 0 aliphatic rings.